The molecule has 1 unspecified atom stereocenters. The van der Waals surface area contributed by atoms with Crippen LogP contribution in [-0.2, 0) is 11.3 Å². The monoisotopic (exact) mass is 256 g/mol. The Morgan fingerprint density at radius 3 is 2.59 bits per heavy atom. The highest BCUT2D eigenvalue weighted by atomic mass is 32.1. The number of aliphatic hydroxyl groups excluding tert-OH is 1. The first-order valence-corrected chi connectivity index (χ1v) is 6.59. The third-order valence-electron chi connectivity index (χ3n) is 2.62. The van der Waals surface area contributed by atoms with Gasteiger partial charge in [-0.2, -0.15) is 0 Å². The van der Waals surface area contributed by atoms with Gasteiger partial charge >= 0.3 is 0 Å². The predicted octanol–water partition coefficient (Wildman–Crippen LogP) is 1.78. The van der Waals surface area contributed by atoms with Crippen LogP contribution in [0.2, 0.25) is 0 Å². The van der Waals surface area contributed by atoms with Crippen LogP contribution in [-0.4, -0.2) is 22.1 Å². The molecule has 0 saturated heterocycles. The van der Waals surface area contributed by atoms with E-state index in [9.17, 15) is 9.90 Å². The molecule has 17 heavy (non-hydrogen) atoms. The summed E-state index contributed by atoms with van der Waals surface area (Å²) in [5, 5.41) is 13.4. The van der Waals surface area contributed by atoms with Gasteiger partial charge in [0.2, 0.25) is 5.91 Å². The molecule has 0 spiro atoms. The van der Waals surface area contributed by atoms with Crippen molar-refractivity contribution >= 4 is 17.2 Å². The average molecular weight is 256 g/mol. The highest BCUT2D eigenvalue weighted by molar-refractivity contribution is 7.11. The van der Waals surface area contributed by atoms with Gasteiger partial charge in [-0.1, -0.05) is 13.8 Å². The molecule has 4 nitrogen and oxygen atoms in total. The Kier molecular flexibility index (Phi) is 5.08. The van der Waals surface area contributed by atoms with E-state index in [0.717, 1.165) is 15.6 Å². The van der Waals surface area contributed by atoms with E-state index in [4.69, 9.17) is 0 Å². The van der Waals surface area contributed by atoms with Crippen molar-refractivity contribution in [1.29, 1.82) is 0 Å². The molecule has 0 fully saturated rings. The molecule has 2 N–H and O–H groups in total. The lowest BCUT2D eigenvalue weighted by atomic mass is 10.0. The summed E-state index contributed by atoms with van der Waals surface area (Å²) in [5.74, 6) is -0.0275. The average Bonchev–Trinajstić information content (AvgIpc) is 2.54. The second kappa shape index (κ2) is 6.12. The van der Waals surface area contributed by atoms with Crippen LogP contribution in [0, 0.1) is 19.8 Å². The van der Waals surface area contributed by atoms with Crippen LogP contribution in [0.15, 0.2) is 0 Å². The van der Waals surface area contributed by atoms with Crippen molar-refractivity contribution in [1.82, 2.24) is 10.3 Å². The minimum atomic E-state index is -0.576. The number of nitrogens with zero attached hydrogens (tertiary/aromatic N) is 1. The molecular formula is C12H20N2O2S. The van der Waals surface area contributed by atoms with Crippen LogP contribution in [0.3, 0.4) is 0 Å². The molecule has 0 aliphatic rings. The highest BCUT2D eigenvalue weighted by Gasteiger charge is 2.14. The van der Waals surface area contributed by atoms with Crippen molar-refractivity contribution in [2.24, 2.45) is 5.92 Å². The van der Waals surface area contributed by atoms with E-state index < -0.39 is 6.10 Å². The minimum absolute atomic E-state index is 0.101. The first-order chi connectivity index (χ1) is 7.90. The number of amides is 1. The summed E-state index contributed by atoms with van der Waals surface area (Å²) in [6.45, 7) is 8.18. The summed E-state index contributed by atoms with van der Waals surface area (Å²) in [6, 6.07) is 0. The number of aliphatic hydroxyl groups is 1. The summed E-state index contributed by atoms with van der Waals surface area (Å²) < 4.78 is 0. The van der Waals surface area contributed by atoms with Crippen LogP contribution < -0.4 is 5.32 Å². The maximum absolute atomic E-state index is 11.6. The molecule has 1 heterocycles. The lowest BCUT2D eigenvalue weighted by Gasteiger charge is -2.13. The van der Waals surface area contributed by atoms with E-state index in [2.05, 4.69) is 10.3 Å². The highest BCUT2D eigenvalue weighted by Crippen LogP contribution is 2.16. The van der Waals surface area contributed by atoms with E-state index in [1.807, 2.05) is 27.7 Å². The van der Waals surface area contributed by atoms with E-state index in [-0.39, 0.29) is 18.2 Å². The van der Waals surface area contributed by atoms with Crippen molar-refractivity contribution in [3.8, 4) is 0 Å². The number of carbonyl (C=O) groups is 1. The van der Waals surface area contributed by atoms with Gasteiger partial charge in [-0.15, -0.1) is 11.3 Å². The van der Waals surface area contributed by atoms with E-state index in [1.165, 1.54) is 0 Å². The van der Waals surface area contributed by atoms with Gasteiger partial charge in [-0.25, -0.2) is 4.98 Å². The van der Waals surface area contributed by atoms with E-state index in [0.29, 0.717) is 6.54 Å². The Morgan fingerprint density at radius 1 is 1.47 bits per heavy atom. The van der Waals surface area contributed by atoms with Gasteiger partial charge < -0.3 is 10.4 Å². The van der Waals surface area contributed by atoms with Gasteiger partial charge in [0.1, 0.15) is 0 Å². The Labute approximate surface area is 106 Å². The van der Waals surface area contributed by atoms with Crippen molar-refractivity contribution in [2.45, 2.75) is 46.8 Å². The molecule has 0 bridgehead atoms. The molecule has 0 aromatic carbocycles. The Morgan fingerprint density at radius 2 is 2.12 bits per heavy atom. The number of hydrogen-bond acceptors (Lipinski definition) is 4. The second-order valence-corrected chi connectivity index (χ2v) is 5.94. The zero-order valence-corrected chi connectivity index (χ0v) is 11.6. The Hall–Kier alpha value is -0.940. The van der Waals surface area contributed by atoms with Crippen LogP contribution >= 0.6 is 11.3 Å². The summed E-state index contributed by atoms with van der Waals surface area (Å²) in [6.07, 6.45) is -0.423. The van der Waals surface area contributed by atoms with Crippen molar-refractivity contribution in [3.05, 3.63) is 15.6 Å². The summed E-state index contributed by atoms with van der Waals surface area (Å²) in [5.41, 5.74) is 0.917. The number of aryl methyl sites for hydroxylation is 2. The molecule has 5 heteroatoms. The first-order valence-electron chi connectivity index (χ1n) is 5.77. The number of aromatic nitrogens is 1. The van der Waals surface area contributed by atoms with Crippen molar-refractivity contribution in [2.75, 3.05) is 0 Å². The lowest BCUT2D eigenvalue weighted by Crippen LogP contribution is -2.29. The maximum Gasteiger partial charge on any atom is 0.222 e. The van der Waals surface area contributed by atoms with Crippen molar-refractivity contribution in [3.63, 3.8) is 0 Å². The van der Waals surface area contributed by atoms with Gasteiger partial charge in [0.05, 0.1) is 29.8 Å². The van der Waals surface area contributed by atoms with Gasteiger partial charge in [0.25, 0.3) is 0 Å². The normalized spacial score (nSPS) is 12.8. The molecule has 0 saturated carbocycles. The topological polar surface area (TPSA) is 62.2 Å². The second-order valence-electron chi connectivity index (χ2n) is 4.53. The number of nitrogens with one attached hydrogen (secondary N) is 1. The molecule has 0 radical (unpaired) electrons. The molecule has 1 aromatic rings. The zero-order chi connectivity index (χ0) is 13.0. The van der Waals surface area contributed by atoms with Gasteiger partial charge in [-0.3, -0.25) is 4.79 Å². The number of hydrogen-bond donors (Lipinski definition) is 2. The fraction of sp³-hybridized carbons (Fsp3) is 0.667. The molecule has 1 atom stereocenters. The maximum atomic E-state index is 11.6. The molecule has 1 amide bonds. The molecule has 1 aromatic heterocycles. The molecule has 96 valence electrons. The third kappa shape index (κ3) is 4.44. The smallest absolute Gasteiger partial charge is 0.222 e. The number of rotatable bonds is 5. The van der Waals surface area contributed by atoms with Gasteiger partial charge in [0.15, 0.2) is 0 Å². The lowest BCUT2D eigenvalue weighted by molar-refractivity contribution is -0.123. The standard InChI is InChI=1S/C12H20N2O2S/c1-7(2)11(15)5-12(16)13-6-10-8(3)17-9(4)14-10/h7,11,15H,5-6H2,1-4H3,(H,13,16). The number of thiazole rings is 1. The van der Waals surface area contributed by atoms with E-state index >= 15 is 0 Å². The fourth-order valence-corrected chi connectivity index (χ4v) is 2.25. The molecular weight excluding hydrogens is 236 g/mol. The largest absolute Gasteiger partial charge is 0.392 e. The predicted molar refractivity (Wildman–Crippen MR) is 68.9 cm³/mol. The SMILES string of the molecule is Cc1nc(CNC(=O)CC(O)C(C)C)c(C)s1. The molecule has 1 rings (SSSR count). The van der Waals surface area contributed by atoms with Crippen LogP contribution in [0.4, 0.5) is 0 Å². The summed E-state index contributed by atoms with van der Waals surface area (Å²) >= 11 is 1.63. The zero-order valence-electron chi connectivity index (χ0n) is 10.8. The first kappa shape index (κ1) is 14.1. The molecule has 0 aliphatic heterocycles. The molecule has 0 aliphatic carbocycles. The summed E-state index contributed by atoms with van der Waals surface area (Å²) in [7, 11) is 0. The fourth-order valence-electron chi connectivity index (χ4n) is 1.42. The van der Waals surface area contributed by atoms with Crippen LogP contribution in [0.1, 0.15) is 35.8 Å². The summed E-state index contributed by atoms with van der Waals surface area (Å²) in [4.78, 5) is 17.0. The minimum Gasteiger partial charge on any atom is -0.392 e. The van der Waals surface area contributed by atoms with E-state index in [1.54, 1.807) is 11.3 Å². The van der Waals surface area contributed by atoms with Gasteiger partial charge in [0, 0.05) is 4.88 Å². The van der Waals surface area contributed by atoms with Gasteiger partial charge in [-0.05, 0) is 19.8 Å². The van der Waals surface area contributed by atoms with Crippen molar-refractivity contribution < 1.29 is 9.90 Å². The van der Waals surface area contributed by atoms with Crippen LogP contribution in [0.5, 0.6) is 0 Å². The quantitative estimate of drug-likeness (QED) is 0.844. The Bertz CT molecular complexity index is 388. The third-order valence-corrected chi connectivity index (χ3v) is 3.55. The van der Waals surface area contributed by atoms with Crippen LogP contribution in [0.25, 0.3) is 0 Å². The number of carbonyl (C=O) groups excluding carboxylic acids is 1. The Balaban J connectivity index is 2.41.